The minimum absolute atomic E-state index is 0.509. The third kappa shape index (κ3) is 8.84. The SMILES string of the molecule is [2H]P(CC[B])CSCCCC. The van der Waals surface area contributed by atoms with E-state index in [1.165, 1.54) is 18.6 Å². The molecule has 0 aromatic heterocycles. The molecule has 0 heterocycles. The highest BCUT2D eigenvalue weighted by atomic mass is 32.2. The fourth-order valence-corrected chi connectivity index (χ4v) is 2.76. The highest BCUT2D eigenvalue weighted by molar-refractivity contribution is 8.03. The second kappa shape index (κ2) is 9.84. The summed E-state index contributed by atoms with van der Waals surface area (Å²) >= 11 is 1.91. The van der Waals surface area contributed by atoms with Crippen molar-refractivity contribution >= 4 is 28.1 Å². The lowest BCUT2D eigenvalue weighted by Crippen LogP contribution is -1.79. The number of hydrogen-bond acceptors (Lipinski definition) is 1. The van der Waals surface area contributed by atoms with E-state index in [2.05, 4.69) is 6.92 Å². The molecule has 0 N–H and O–H groups in total. The van der Waals surface area contributed by atoms with Crippen LogP contribution in [0.15, 0.2) is 0 Å². The summed E-state index contributed by atoms with van der Waals surface area (Å²) in [4.78, 5) is 0. The summed E-state index contributed by atoms with van der Waals surface area (Å²) in [7, 11) is 4.84. The molecule has 0 aromatic carbocycles. The maximum atomic E-state index is 7.57. The third-order valence-electron chi connectivity index (χ3n) is 1.11. The molecule has 0 saturated heterocycles. The molecular weight excluding hydrogens is 158 g/mol. The van der Waals surface area contributed by atoms with Gasteiger partial charge in [0.1, 0.15) is 0 Å². The molecule has 0 aromatic rings. The van der Waals surface area contributed by atoms with Gasteiger partial charge in [-0.25, -0.2) is 0 Å². The molecule has 2 radical (unpaired) electrons. The lowest BCUT2D eigenvalue weighted by atomic mass is 10.1. The van der Waals surface area contributed by atoms with E-state index in [0.29, 0.717) is 6.32 Å². The summed E-state index contributed by atoms with van der Waals surface area (Å²) in [6.07, 6.45) is 4.15. The Balaban J connectivity index is 2.97. The van der Waals surface area contributed by atoms with Crippen molar-refractivity contribution in [2.24, 2.45) is 0 Å². The van der Waals surface area contributed by atoms with Gasteiger partial charge in [0.05, 0.1) is 9.12 Å². The standard InChI is InChI=1S/C7H16BPS/c1-2-3-6-10-7-9-5-4-8/h9H,2-7H2,1H3/i9D. The molecular formula is C7H16BPS. The minimum atomic E-state index is -0.509. The van der Waals surface area contributed by atoms with Crippen LogP contribution in [0.4, 0.5) is 0 Å². The van der Waals surface area contributed by atoms with Gasteiger partial charge < -0.3 is 0 Å². The van der Waals surface area contributed by atoms with Crippen molar-refractivity contribution in [2.75, 3.05) is 17.4 Å². The fraction of sp³-hybridized carbons (Fsp3) is 1.00. The Labute approximate surface area is 73.4 Å². The molecule has 58 valence electrons. The predicted molar refractivity (Wildman–Crippen MR) is 56.0 cm³/mol. The quantitative estimate of drug-likeness (QED) is 0.325. The molecule has 0 bridgehead atoms. The lowest BCUT2D eigenvalue weighted by molar-refractivity contribution is 0.897. The van der Waals surface area contributed by atoms with Crippen LogP contribution in [0, 0.1) is 0 Å². The van der Waals surface area contributed by atoms with Gasteiger partial charge in [0.25, 0.3) is 0 Å². The first kappa shape index (κ1) is 8.94. The van der Waals surface area contributed by atoms with Crippen molar-refractivity contribution < 1.29 is 0 Å². The van der Waals surface area contributed by atoms with Gasteiger partial charge in [-0.2, -0.15) is 11.8 Å². The summed E-state index contributed by atoms with van der Waals surface area (Å²) in [6.45, 7) is 2.20. The van der Waals surface area contributed by atoms with Crippen molar-refractivity contribution in [3.05, 3.63) is 0 Å². The van der Waals surface area contributed by atoms with Gasteiger partial charge in [-0.3, -0.25) is 0 Å². The Morgan fingerprint density at radius 3 is 3.10 bits per heavy atom. The van der Waals surface area contributed by atoms with Crippen molar-refractivity contribution in [2.45, 2.75) is 26.1 Å². The van der Waals surface area contributed by atoms with Gasteiger partial charge in [0.2, 0.25) is 0 Å². The monoisotopic (exact) mass is 175 g/mol. The van der Waals surface area contributed by atoms with Crippen LogP contribution in [-0.4, -0.2) is 26.5 Å². The summed E-state index contributed by atoms with van der Waals surface area (Å²) < 4.78 is 7.57. The molecule has 0 rings (SSSR count). The Hall–Kier alpha value is 0.845. The van der Waals surface area contributed by atoms with Crippen molar-refractivity contribution in [1.29, 1.82) is 1.28 Å². The normalized spacial score (nSPS) is 14.7. The topological polar surface area (TPSA) is 0 Å². The number of hydrogen-bond donors (Lipinski definition) is 0. The summed E-state index contributed by atoms with van der Waals surface area (Å²) in [6, 6.07) is 0. The second-order valence-electron chi connectivity index (χ2n) is 2.13. The van der Waals surface area contributed by atoms with Crippen LogP contribution in [-0.2, 0) is 0 Å². The van der Waals surface area contributed by atoms with Gasteiger partial charge in [-0.15, -0.1) is 8.53 Å². The van der Waals surface area contributed by atoms with E-state index >= 15 is 0 Å². The van der Waals surface area contributed by atoms with Gasteiger partial charge in [0, 0.05) is 5.49 Å². The van der Waals surface area contributed by atoms with E-state index in [0.717, 1.165) is 11.7 Å². The first-order valence-corrected chi connectivity index (χ1v) is 6.24. The summed E-state index contributed by atoms with van der Waals surface area (Å²) in [5.74, 6) is 1.22. The molecule has 3 heteroatoms. The van der Waals surface area contributed by atoms with Crippen LogP contribution in [0.25, 0.3) is 0 Å². The highest BCUT2D eigenvalue weighted by Crippen LogP contribution is 2.19. The number of thioether (sulfide) groups is 1. The highest BCUT2D eigenvalue weighted by Gasteiger charge is 1.87. The predicted octanol–water partition coefficient (Wildman–Crippen LogP) is 2.74. The summed E-state index contributed by atoms with van der Waals surface area (Å²) in [5.41, 5.74) is 1.02. The van der Waals surface area contributed by atoms with Gasteiger partial charge in [0.15, 0.2) is 0 Å². The van der Waals surface area contributed by atoms with Crippen molar-refractivity contribution in [3.63, 3.8) is 0 Å². The fourth-order valence-electron chi connectivity index (χ4n) is 0.531. The molecule has 10 heavy (non-hydrogen) atoms. The number of unbranched alkanes of at least 4 members (excludes halogenated alkanes) is 1. The Kier molecular flexibility index (Phi) is 8.80. The molecule has 0 nitrogen and oxygen atoms in total. The van der Waals surface area contributed by atoms with Crippen molar-refractivity contribution in [3.8, 4) is 0 Å². The van der Waals surface area contributed by atoms with Gasteiger partial charge >= 0.3 is 0 Å². The zero-order valence-electron chi connectivity index (χ0n) is 7.68. The second-order valence-corrected chi connectivity index (χ2v) is 4.87. The van der Waals surface area contributed by atoms with Crippen LogP contribution in [0.2, 0.25) is 6.32 Å². The first-order chi connectivity index (χ1) is 5.31. The van der Waals surface area contributed by atoms with Crippen LogP contribution in [0.3, 0.4) is 0 Å². The van der Waals surface area contributed by atoms with E-state index < -0.39 is 8.53 Å². The average Bonchev–Trinajstić information content (AvgIpc) is 1.99. The van der Waals surface area contributed by atoms with E-state index in [1.807, 2.05) is 11.8 Å². The number of rotatable bonds is 7. The smallest absolute Gasteiger partial charge is 0.0657 e. The first-order valence-electron chi connectivity index (χ1n) is 4.27. The molecule has 0 aliphatic rings. The lowest BCUT2D eigenvalue weighted by Gasteiger charge is -1.98. The maximum absolute atomic E-state index is 7.57. The average molecular weight is 175 g/mol. The maximum Gasteiger partial charge on any atom is 0.0657 e. The van der Waals surface area contributed by atoms with E-state index in [9.17, 15) is 0 Å². The van der Waals surface area contributed by atoms with Gasteiger partial charge in [-0.1, -0.05) is 19.7 Å². The summed E-state index contributed by atoms with van der Waals surface area (Å²) in [5, 5.41) is 0. The largest absolute Gasteiger partial charge is 0.158 e. The van der Waals surface area contributed by atoms with Crippen LogP contribution in [0.5, 0.6) is 0 Å². The molecule has 1 atom stereocenters. The Morgan fingerprint density at radius 2 is 2.50 bits per heavy atom. The van der Waals surface area contributed by atoms with Crippen LogP contribution >= 0.6 is 20.3 Å². The Bertz CT molecular complexity index is 84.8. The molecule has 0 saturated carbocycles. The van der Waals surface area contributed by atoms with E-state index in [1.54, 1.807) is 0 Å². The van der Waals surface area contributed by atoms with Crippen LogP contribution < -0.4 is 0 Å². The van der Waals surface area contributed by atoms with E-state index in [4.69, 9.17) is 9.12 Å². The zero-order chi connectivity index (χ0) is 8.53. The van der Waals surface area contributed by atoms with Gasteiger partial charge in [-0.05, 0) is 18.3 Å². The molecule has 0 aliphatic carbocycles. The van der Waals surface area contributed by atoms with Crippen LogP contribution in [0.1, 0.15) is 19.8 Å². The minimum Gasteiger partial charge on any atom is -0.158 e. The Morgan fingerprint density at radius 1 is 1.70 bits per heavy atom. The molecule has 1 unspecified atom stereocenters. The molecule has 0 fully saturated rings. The zero-order valence-corrected chi connectivity index (χ0v) is 8.39. The molecule has 0 amide bonds. The van der Waals surface area contributed by atoms with Crippen molar-refractivity contribution in [1.82, 2.24) is 0 Å². The molecule has 0 spiro atoms. The van der Waals surface area contributed by atoms with E-state index in [-0.39, 0.29) is 0 Å². The molecule has 0 aliphatic heterocycles. The third-order valence-corrected chi connectivity index (χ3v) is 3.72.